The zero-order valence-electron chi connectivity index (χ0n) is 18.9. The average molecular weight is 494 g/mol. The molecule has 0 saturated carbocycles. The lowest BCUT2D eigenvalue weighted by atomic mass is 10.0. The van der Waals surface area contributed by atoms with Crippen molar-refractivity contribution in [2.45, 2.75) is 0 Å². The highest BCUT2D eigenvalue weighted by Crippen LogP contribution is 2.36. The van der Waals surface area contributed by atoms with E-state index in [2.05, 4.69) is 20.6 Å². The van der Waals surface area contributed by atoms with E-state index in [1.54, 1.807) is 36.7 Å². The van der Waals surface area contributed by atoms with Gasteiger partial charge in [-0.1, -0.05) is 6.07 Å². The number of pyridine rings is 1. The van der Waals surface area contributed by atoms with Gasteiger partial charge in [0, 0.05) is 42.7 Å². The van der Waals surface area contributed by atoms with Crippen LogP contribution in [-0.4, -0.2) is 47.3 Å². The van der Waals surface area contributed by atoms with E-state index in [1.807, 2.05) is 4.90 Å². The Morgan fingerprint density at radius 1 is 0.972 bits per heavy atom. The number of anilines is 3. The minimum atomic E-state index is -0.950. The third-order valence-corrected chi connectivity index (χ3v) is 5.65. The number of morpholine rings is 1. The molecule has 1 fully saturated rings. The molecule has 184 valence electrons. The van der Waals surface area contributed by atoms with E-state index in [4.69, 9.17) is 9.72 Å². The lowest BCUT2D eigenvalue weighted by molar-refractivity contribution is 0.122. The van der Waals surface area contributed by atoms with Crippen LogP contribution in [0.5, 0.6) is 0 Å². The second kappa shape index (κ2) is 10.1. The van der Waals surface area contributed by atoms with Gasteiger partial charge in [-0.05, 0) is 36.4 Å². The number of H-pyrrole nitrogens is 1. The number of amides is 2. The van der Waals surface area contributed by atoms with Crippen molar-refractivity contribution in [2.75, 3.05) is 41.8 Å². The molecule has 1 aliphatic heterocycles. The molecule has 3 heterocycles. The Morgan fingerprint density at radius 3 is 2.47 bits per heavy atom. The molecular weight excluding hydrogens is 473 g/mol. The molecule has 1 saturated heterocycles. The highest BCUT2D eigenvalue weighted by atomic mass is 19.1. The van der Waals surface area contributed by atoms with E-state index in [0.717, 1.165) is 17.7 Å². The summed E-state index contributed by atoms with van der Waals surface area (Å²) in [5.74, 6) is -1.88. The fourth-order valence-corrected chi connectivity index (χ4v) is 3.89. The zero-order chi connectivity index (χ0) is 25.1. The summed E-state index contributed by atoms with van der Waals surface area (Å²) in [5.41, 5.74) is 1.48. The lowest BCUT2D eigenvalue weighted by Gasteiger charge is -2.26. The summed E-state index contributed by atoms with van der Waals surface area (Å²) in [5, 5.41) is 4.63. The van der Waals surface area contributed by atoms with Crippen molar-refractivity contribution in [3.05, 3.63) is 78.4 Å². The largest absolute Gasteiger partial charge is 0.378 e. The fourth-order valence-electron chi connectivity index (χ4n) is 3.89. The van der Waals surface area contributed by atoms with Gasteiger partial charge in [-0.3, -0.25) is 4.98 Å². The first kappa shape index (κ1) is 23.4. The van der Waals surface area contributed by atoms with Crippen LogP contribution in [0.2, 0.25) is 0 Å². The molecule has 8 nitrogen and oxygen atoms in total. The summed E-state index contributed by atoms with van der Waals surface area (Å²) in [6, 6.07) is 9.91. The van der Waals surface area contributed by atoms with Crippen molar-refractivity contribution < 1.29 is 22.7 Å². The van der Waals surface area contributed by atoms with Crippen LogP contribution in [0.4, 0.5) is 35.3 Å². The standard InChI is InChI=1S/C25H21F3N6O2/c26-16-4-5-19(18(27)14-16)30-25(35)31-20-3-1-2-17(21(20)28)23-22(15-6-8-29-9-7-15)32-24(33-23)34-10-12-36-13-11-34/h1-9,14H,10-13H2,(H,32,33)(H2,30,31,35). The number of halogens is 3. The van der Waals surface area contributed by atoms with Gasteiger partial charge in [-0.2, -0.15) is 0 Å². The van der Waals surface area contributed by atoms with Crippen molar-refractivity contribution in [3.63, 3.8) is 0 Å². The van der Waals surface area contributed by atoms with E-state index in [-0.39, 0.29) is 16.9 Å². The van der Waals surface area contributed by atoms with Crippen LogP contribution in [0.1, 0.15) is 0 Å². The molecule has 2 aromatic carbocycles. The van der Waals surface area contributed by atoms with Gasteiger partial charge in [0.1, 0.15) is 17.3 Å². The maximum absolute atomic E-state index is 15.7. The first-order chi connectivity index (χ1) is 17.5. The van der Waals surface area contributed by atoms with Gasteiger partial charge in [-0.25, -0.2) is 22.9 Å². The Morgan fingerprint density at radius 2 is 1.72 bits per heavy atom. The molecule has 0 aliphatic carbocycles. The van der Waals surface area contributed by atoms with Gasteiger partial charge >= 0.3 is 6.03 Å². The maximum atomic E-state index is 15.7. The van der Waals surface area contributed by atoms with E-state index in [0.29, 0.717) is 49.7 Å². The Labute approximate surface area is 204 Å². The molecule has 2 amide bonds. The molecule has 0 atom stereocenters. The third-order valence-electron chi connectivity index (χ3n) is 5.65. The number of nitrogens with zero attached hydrogens (tertiary/aromatic N) is 3. The van der Waals surface area contributed by atoms with Crippen LogP contribution in [0.25, 0.3) is 22.5 Å². The van der Waals surface area contributed by atoms with Crippen LogP contribution < -0.4 is 15.5 Å². The van der Waals surface area contributed by atoms with Gasteiger partial charge in [-0.15, -0.1) is 0 Å². The highest BCUT2D eigenvalue weighted by molar-refractivity contribution is 6.00. The number of carbonyl (C=O) groups excluding carboxylic acids is 1. The highest BCUT2D eigenvalue weighted by Gasteiger charge is 2.23. The molecule has 1 aliphatic rings. The number of carbonyl (C=O) groups is 1. The number of aromatic nitrogens is 3. The second-order valence-electron chi connectivity index (χ2n) is 7.99. The summed E-state index contributed by atoms with van der Waals surface area (Å²) in [6.45, 7) is 2.37. The van der Waals surface area contributed by atoms with Crippen molar-refractivity contribution >= 4 is 23.4 Å². The first-order valence-corrected chi connectivity index (χ1v) is 11.1. The van der Waals surface area contributed by atoms with Gasteiger partial charge in [0.15, 0.2) is 5.82 Å². The Balaban J connectivity index is 1.47. The van der Waals surface area contributed by atoms with Crippen LogP contribution in [0.3, 0.4) is 0 Å². The molecule has 0 unspecified atom stereocenters. The molecule has 3 N–H and O–H groups in total. The van der Waals surface area contributed by atoms with Crippen molar-refractivity contribution in [3.8, 4) is 22.5 Å². The summed E-state index contributed by atoms with van der Waals surface area (Å²) in [6.07, 6.45) is 3.25. The topological polar surface area (TPSA) is 95.2 Å². The number of ether oxygens (including phenoxy) is 1. The van der Waals surface area contributed by atoms with Crippen molar-refractivity contribution in [2.24, 2.45) is 0 Å². The SMILES string of the molecule is O=C(Nc1ccc(F)cc1F)Nc1cccc(-c2nc(N3CCOCC3)[nH]c2-c2ccncc2)c1F. The minimum absolute atomic E-state index is 0.135. The Kier molecular flexibility index (Phi) is 6.54. The number of hydrogen-bond donors (Lipinski definition) is 3. The number of nitrogens with one attached hydrogen (secondary N) is 3. The molecule has 2 aromatic heterocycles. The fraction of sp³-hybridized carbons (Fsp3) is 0.160. The molecule has 0 spiro atoms. The molecule has 5 rings (SSSR count). The number of aromatic amines is 1. The van der Waals surface area contributed by atoms with Gasteiger partial charge < -0.3 is 25.3 Å². The monoisotopic (exact) mass is 494 g/mol. The Bertz CT molecular complexity index is 1390. The molecule has 0 bridgehead atoms. The van der Waals surface area contributed by atoms with Gasteiger partial charge in [0.25, 0.3) is 0 Å². The van der Waals surface area contributed by atoms with Crippen molar-refractivity contribution in [1.29, 1.82) is 0 Å². The van der Waals surface area contributed by atoms with Gasteiger partial charge in [0.05, 0.1) is 30.3 Å². The molecule has 36 heavy (non-hydrogen) atoms. The average Bonchev–Trinajstić information content (AvgIpc) is 3.33. The number of rotatable bonds is 5. The smallest absolute Gasteiger partial charge is 0.323 e. The number of hydrogen-bond acceptors (Lipinski definition) is 5. The Hall–Kier alpha value is -4.38. The van der Waals surface area contributed by atoms with Gasteiger partial charge in [0.2, 0.25) is 5.95 Å². The molecular formula is C25H21F3N6O2. The maximum Gasteiger partial charge on any atom is 0.323 e. The van der Waals surface area contributed by atoms with E-state index < -0.39 is 23.5 Å². The molecule has 4 aromatic rings. The normalized spacial score (nSPS) is 13.5. The third kappa shape index (κ3) is 4.86. The van der Waals surface area contributed by atoms with E-state index >= 15 is 4.39 Å². The predicted molar refractivity (Wildman–Crippen MR) is 129 cm³/mol. The van der Waals surface area contributed by atoms with Crippen LogP contribution in [-0.2, 0) is 4.74 Å². The lowest BCUT2D eigenvalue weighted by Crippen LogP contribution is -2.36. The molecule has 11 heteroatoms. The second-order valence-corrected chi connectivity index (χ2v) is 7.99. The summed E-state index contributed by atoms with van der Waals surface area (Å²) < 4.78 is 48.1. The summed E-state index contributed by atoms with van der Waals surface area (Å²) >= 11 is 0. The summed E-state index contributed by atoms with van der Waals surface area (Å²) in [7, 11) is 0. The minimum Gasteiger partial charge on any atom is -0.378 e. The van der Waals surface area contributed by atoms with Crippen molar-refractivity contribution in [1.82, 2.24) is 15.0 Å². The first-order valence-electron chi connectivity index (χ1n) is 11.1. The molecule has 0 radical (unpaired) electrons. The zero-order valence-corrected chi connectivity index (χ0v) is 18.9. The number of benzene rings is 2. The van der Waals surface area contributed by atoms with Crippen LogP contribution in [0.15, 0.2) is 60.9 Å². The van der Waals surface area contributed by atoms with E-state index in [1.165, 1.54) is 6.07 Å². The van der Waals surface area contributed by atoms with Crippen LogP contribution in [0, 0.1) is 17.5 Å². The quantitative estimate of drug-likeness (QED) is 0.362. The number of imidazole rings is 1. The van der Waals surface area contributed by atoms with Crippen LogP contribution >= 0.6 is 0 Å². The predicted octanol–water partition coefficient (Wildman–Crippen LogP) is 5.04. The number of urea groups is 1. The van der Waals surface area contributed by atoms with E-state index in [9.17, 15) is 13.6 Å². The summed E-state index contributed by atoms with van der Waals surface area (Å²) in [4.78, 5) is 26.5.